The van der Waals surface area contributed by atoms with E-state index in [9.17, 15) is 107 Å². The number of carboxylic acids is 3. The number of phenolic OH excluding ortho intramolecular Hbond substituents is 4. The lowest BCUT2D eigenvalue weighted by molar-refractivity contribution is -0.141. The smallest absolute Gasteiger partial charge is 0.326 e. The van der Waals surface area contributed by atoms with Crippen molar-refractivity contribution in [3.8, 4) is 23.0 Å². The van der Waals surface area contributed by atoms with Gasteiger partial charge in [0.05, 0.1) is 44.5 Å². The van der Waals surface area contributed by atoms with Crippen molar-refractivity contribution in [2.45, 2.75) is 127 Å². The summed E-state index contributed by atoms with van der Waals surface area (Å²) in [4.78, 5) is 223. The van der Waals surface area contributed by atoms with Crippen LogP contribution in [0.25, 0.3) is 10.8 Å². The number of fused-ring (bicyclic) bond motifs is 27. The van der Waals surface area contributed by atoms with Gasteiger partial charge in [-0.05, 0) is 148 Å². The molecule has 6 aromatic carbocycles. The fraction of sp³-hybridized carbons (Fsp3) is 0.468. The number of carboxylic acid groups (broad SMARTS) is 3. The van der Waals surface area contributed by atoms with Crippen LogP contribution < -0.4 is 74.4 Å². The highest BCUT2D eigenvalue weighted by Crippen LogP contribution is 2.31. The Labute approximate surface area is 779 Å². The van der Waals surface area contributed by atoms with E-state index in [0.29, 0.717) is 44.9 Å². The number of urea groups is 1. The third kappa shape index (κ3) is 31.8. The van der Waals surface area contributed by atoms with Gasteiger partial charge < -0.3 is 110 Å². The number of para-hydroxylation sites is 4. The molecule has 1 aliphatic carbocycles. The zero-order chi connectivity index (χ0) is 96.9. The predicted octanol–water partition coefficient (Wildman–Crippen LogP) is 1.68. The molecule has 5 aliphatic rings. The largest absolute Gasteiger partial charge is 0.506 e. The number of phenols is 4. The number of benzene rings is 6. The number of nitrogens with zero attached hydrogens (tertiary/aromatic N) is 4. The second-order valence-corrected chi connectivity index (χ2v) is 33.8. The SMILES string of the molecule is O=C(O)CC[C@H](NC(=O)N[C@@H](CCCCNC(=O)C1CCC(CNC(=O)[C@H](Cc2cccc3ccccc23)NC(=O)CCCC(=O)NCCCCC2CN3CCNC(=O)c4cccc(c4O)C(=O)NCCN4CCNC(=O)c5cccc(c5O)C(=O)NCCN(CCNC(=O)c5cccc(c5O)C(=O)NCCN(CCNC(=O)c5cccc(c5O)C(=O)N2)CC4)CC3)CC1)C(=O)O)C(=O)O. The minimum absolute atomic E-state index is 0.000467. The van der Waals surface area contributed by atoms with Gasteiger partial charge in [-0.2, -0.15) is 0 Å². The van der Waals surface area contributed by atoms with Crippen LogP contribution in [0.3, 0.4) is 0 Å². The van der Waals surface area contributed by atoms with Crippen molar-refractivity contribution in [2.75, 3.05) is 144 Å². The zero-order valence-corrected chi connectivity index (χ0v) is 75.3. The summed E-state index contributed by atoms with van der Waals surface area (Å²) in [5, 5.41) is 115. The van der Waals surface area contributed by atoms with Crippen LogP contribution in [0.4, 0.5) is 4.79 Å². The Morgan fingerprint density at radius 3 is 1.20 bits per heavy atom. The van der Waals surface area contributed by atoms with Crippen LogP contribution >= 0.6 is 0 Å². The minimum atomic E-state index is -1.56. The first-order valence-corrected chi connectivity index (χ1v) is 45.8. The number of hydrogen-bond donors (Lipinski definition) is 21. The van der Waals surface area contributed by atoms with Crippen molar-refractivity contribution < 1.29 is 112 Å². The molecule has 4 heterocycles. The highest BCUT2D eigenvalue weighted by atomic mass is 16.4. The number of carbonyl (C=O) groups excluding carboxylic acids is 13. The standard InChI is InChI=1S/C94H122N18O23/c113-75(27-12-28-76(114)106-74(55-61-15-7-14-59-13-1-2-17-63(59)61)91(130)104-56-58-29-31-60(32-30-58)82(121)96-36-6-4-26-72(92(131)132)107-94(135)108-73(93(133)134)33-34-77(115)116)95-35-5-3-16-62-57-112-50-43-103-88(127)69-23-10-22-68(80(69)119)85(124)99-38-45-109-44-37-97-83(122)64-18-8-20-66(78(64)117)86(125)100-41-48-111(53-54-112)49-42-101-87(126)67-21-9-19-65(79(67)118)84(123)98-39-46-110(52-51-109)47-40-102-89(128)70-24-11-25-71(81(70)120)90(129)105-62/h1-2,7-11,13-15,17-25,58,60,62,72-74,117-120H,3-6,12,16,26-57H2,(H,95,113)(H,96,121)(H,97,122)(H,98,123)(H,99,124)(H,100,125)(H,101,126)(H,102,128)(H,103,127)(H,104,130)(H,105,129)(H,106,114)(H,115,116)(H,131,132)(H,133,134)(H2,107,108,135)/t58?,60?,62?,72-,73-,74-/m0/s1. The number of nitrogens with one attached hydrogen (secondary N) is 14. The maximum atomic E-state index is 14.9. The molecule has 0 saturated heterocycles. The average molecular weight is 1870 g/mol. The summed E-state index contributed by atoms with van der Waals surface area (Å²) in [6.07, 6.45) is 2.79. The molecule has 41 nitrogen and oxygen atoms in total. The van der Waals surface area contributed by atoms with Gasteiger partial charge in [0.15, 0.2) is 0 Å². The van der Waals surface area contributed by atoms with E-state index in [-0.39, 0.29) is 257 Å². The van der Waals surface area contributed by atoms with Gasteiger partial charge >= 0.3 is 23.9 Å². The number of aliphatic carboxylic acids is 3. The number of unbranched alkanes of at least 4 members (excludes halogenated alkanes) is 2. The van der Waals surface area contributed by atoms with Crippen LogP contribution in [-0.2, 0) is 40.0 Å². The van der Waals surface area contributed by atoms with Crippen LogP contribution in [0.5, 0.6) is 23.0 Å². The fourth-order valence-corrected chi connectivity index (χ4v) is 16.6. The number of rotatable bonds is 28. The van der Waals surface area contributed by atoms with E-state index in [1.165, 1.54) is 72.8 Å². The lowest BCUT2D eigenvalue weighted by atomic mass is 9.81. The topological polar surface area (TPSA) is 596 Å². The molecular weight excluding hydrogens is 1750 g/mol. The zero-order valence-electron chi connectivity index (χ0n) is 75.3. The molecule has 726 valence electrons. The second-order valence-electron chi connectivity index (χ2n) is 33.8. The van der Waals surface area contributed by atoms with Crippen molar-refractivity contribution in [3.63, 3.8) is 0 Å². The van der Waals surface area contributed by atoms with E-state index in [4.69, 9.17) is 5.11 Å². The summed E-state index contributed by atoms with van der Waals surface area (Å²) in [6, 6.07) is 24.1. The van der Waals surface area contributed by atoms with Crippen LogP contribution in [0.15, 0.2) is 115 Å². The molecule has 41 heteroatoms. The van der Waals surface area contributed by atoms with Crippen molar-refractivity contribution >= 4 is 106 Å². The van der Waals surface area contributed by atoms with Crippen molar-refractivity contribution in [2.24, 2.45) is 11.8 Å². The van der Waals surface area contributed by atoms with E-state index in [1.54, 1.807) is 0 Å². The number of aromatic hydroxyl groups is 4. The van der Waals surface area contributed by atoms with Gasteiger partial charge in [-0.3, -0.25) is 81.9 Å². The third-order valence-electron chi connectivity index (χ3n) is 24.3. The maximum absolute atomic E-state index is 14.9. The van der Waals surface area contributed by atoms with Crippen molar-refractivity contribution in [1.29, 1.82) is 0 Å². The van der Waals surface area contributed by atoms with E-state index in [2.05, 4.69) is 74.4 Å². The molecule has 0 spiro atoms. The number of carbonyl (C=O) groups is 16. The minimum Gasteiger partial charge on any atom is -0.506 e. The van der Waals surface area contributed by atoms with Gasteiger partial charge in [0.1, 0.15) is 41.1 Å². The van der Waals surface area contributed by atoms with Crippen LogP contribution in [0.1, 0.15) is 185 Å². The van der Waals surface area contributed by atoms with Crippen LogP contribution in [-0.4, -0.2) is 318 Å². The second kappa shape index (κ2) is 52.4. The molecule has 135 heavy (non-hydrogen) atoms. The predicted molar refractivity (Wildman–Crippen MR) is 493 cm³/mol. The van der Waals surface area contributed by atoms with Gasteiger partial charge in [-0.25, -0.2) is 14.4 Å². The highest BCUT2D eigenvalue weighted by Gasteiger charge is 2.33. The van der Waals surface area contributed by atoms with E-state index in [1.807, 2.05) is 62.1 Å². The maximum Gasteiger partial charge on any atom is 0.326 e. The van der Waals surface area contributed by atoms with E-state index in [0.717, 1.165) is 16.3 Å². The molecule has 1 saturated carbocycles. The fourth-order valence-electron chi connectivity index (χ4n) is 16.6. The Morgan fingerprint density at radius 1 is 0.370 bits per heavy atom. The monoisotopic (exact) mass is 1870 g/mol. The Kier molecular flexibility index (Phi) is 40.0. The summed E-state index contributed by atoms with van der Waals surface area (Å²) < 4.78 is 0. The molecule has 8 atom stereocenters. The van der Waals surface area contributed by atoms with Gasteiger partial charge in [0.2, 0.25) is 23.6 Å². The molecule has 11 rings (SSSR count). The molecular formula is C94H122N18O23. The van der Waals surface area contributed by atoms with Crippen LogP contribution in [0, 0.1) is 11.8 Å². The van der Waals surface area contributed by atoms with Gasteiger partial charge in [-0.15, -0.1) is 0 Å². The first-order valence-electron chi connectivity index (χ1n) is 45.8. The first kappa shape index (κ1) is 103. The number of amides is 14. The molecule has 6 aromatic rings. The van der Waals surface area contributed by atoms with Crippen molar-refractivity contribution in [3.05, 3.63) is 165 Å². The molecule has 14 amide bonds. The third-order valence-corrected chi connectivity index (χ3v) is 24.3. The quantitative estimate of drug-likeness (QED) is 0.0311. The molecule has 21 N–H and O–H groups in total. The average Bonchev–Trinajstić information content (AvgIpc) is 0.986. The van der Waals surface area contributed by atoms with Crippen LogP contribution in [0.2, 0.25) is 0 Å². The molecule has 12 bridgehead atoms. The highest BCUT2D eigenvalue weighted by molar-refractivity contribution is 6.07. The Morgan fingerprint density at radius 2 is 0.756 bits per heavy atom. The summed E-state index contributed by atoms with van der Waals surface area (Å²) in [5.74, 6) is -14.2. The normalized spacial score (nSPS) is 20.2. The summed E-state index contributed by atoms with van der Waals surface area (Å²) in [6.45, 7) is 1.49. The Balaban J connectivity index is 0.814. The molecule has 0 aromatic heterocycles. The van der Waals surface area contributed by atoms with E-state index < -0.39 is 143 Å². The van der Waals surface area contributed by atoms with Crippen molar-refractivity contribution in [1.82, 2.24) is 94.0 Å². The summed E-state index contributed by atoms with van der Waals surface area (Å²) in [7, 11) is 0. The Bertz CT molecular complexity index is 5140. The first-order chi connectivity index (χ1) is 65.0. The summed E-state index contributed by atoms with van der Waals surface area (Å²) >= 11 is 0. The van der Waals surface area contributed by atoms with E-state index >= 15 is 0 Å². The number of hydrogen-bond acceptors (Lipinski definition) is 24. The van der Waals surface area contributed by atoms with Gasteiger partial charge in [0, 0.05) is 182 Å². The molecule has 0 radical (unpaired) electrons. The molecule has 5 unspecified atom stereocenters. The lowest BCUT2D eigenvalue weighted by Crippen LogP contribution is -2.51. The van der Waals surface area contributed by atoms with Gasteiger partial charge in [-0.1, -0.05) is 66.7 Å². The molecule has 1 fully saturated rings. The molecule has 4 aliphatic heterocycles. The Hall–Kier alpha value is -14.1. The summed E-state index contributed by atoms with van der Waals surface area (Å²) in [5.41, 5.74) is -0.910. The lowest BCUT2D eigenvalue weighted by Gasteiger charge is -2.31. The van der Waals surface area contributed by atoms with Gasteiger partial charge in [0.25, 0.3) is 47.3 Å².